The van der Waals surface area contributed by atoms with Crippen molar-refractivity contribution in [2.24, 2.45) is 0 Å². The van der Waals surface area contributed by atoms with Crippen LogP contribution >= 0.6 is 0 Å². The predicted octanol–water partition coefficient (Wildman–Crippen LogP) is 2.56. The van der Waals surface area contributed by atoms with Crippen molar-refractivity contribution in [2.45, 2.75) is 49.5 Å². The number of rotatable bonds is 6. The summed E-state index contributed by atoms with van der Waals surface area (Å²) in [5, 5.41) is 3.35. The van der Waals surface area contributed by atoms with Crippen molar-refractivity contribution >= 4 is 10.0 Å². The molecule has 0 saturated heterocycles. The number of hydrogen-bond donors (Lipinski definition) is 2. The second-order valence-electron chi connectivity index (χ2n) is 5.62. The molecule has 0 radical (unpaired) electrons. The van der Waals surface area contributed by atoms with E-state index in [0.29, 0.717) is 18.7 Å². The van der Waals surface area contributed by atoms with E-state index in [-0.39, 0.29) is 11.4 Å². The van der Waals surface area contributed by atoms with E-state index in [0.717, 1.165) is 25.0 Å². The summed E-state index contributed by atoms with van der Waals surface area (Å²) in [7, 11) is -3.81. The quantitative estimate of drug-likeness (QED) is 0.622. The molecule has 1 aliphatic rings. The molecular weight excluding hydrogens is 310 g/mol. The Morgan fingerprint density at radius 3 is 2.32 bits per heavy atom. The van der Waals surface area contributed by atoms with Gasteiger partial charge in [0, 0.05) is 19.1 Å². The van der Waals surface area contributed by atoms with E-state index in [9.17, 15) is 17.2 Å². The average Bonchev–Trinajstić information content (AvgIpc) is 2.75. The van der Waals surface area contributed by atoms with Crippen LogP contribution in [0.5, 0.6) is 0 Å². The lowest BCUT2D eigenvalue weighted by Gasteiger charge is -2.16. The Labute approximate surface area is 130 Å². The van der Waals surface area contributed by atoms with Gasteiger partial charge in [-0.15, -0.1) is 0 Å². The van der Waals surface area contributed by atoms with Crippen molar-refractivity contribution in [1.29, 1.82) is 0 Å². The molecule has 7 heteroatoms. The molecule has 0 heterocycles. The highest BCUT2D eigenvalue weighted by molar-refractivity contribution is 7.89. The standard InChI is InChI=1S/C15H22F2N2O2S/c16-14-8-7-13(11-15(14)17)22(20,21)19-10-9-18-12-5-3-1-2-4-6-12/h7-8,11-12,18-19H,1-6,9-10H2. The van der Waals surface area contributed by atoms with Gasteiger partial charge in [-0.2, -0.15) is 0 Å². The van der Waals surface area contributed by atoms with Crippen molar-refractivity contribution in [3.05, 3.63) is 29.8 Å². The Balaban J connectivity index is 1.80. The first kappa shape index (κ1) is 17.3. The Morgan fingerprint density at radius 2 is 1.68 bits per heavy atom. The maximum absolute atomic E-state index is 13.1. The molecule has 0 amide bonds. The molecule has 0 atom stereocenters. The van der Waals surface area contributed by atoms with Gasteiger partial charge in [-0.05, 0) is 31.0 Å². The van der Waals surface area contributed by atoms with E-state index >= 15 is 0 Å². The number of benzene rings is 1. The van der Waals surface area contributed by atoms with Crippen LogP contribution in [0.1, 0.15) is 38.5 Å². The Bertz CT molecular complexity index is 585. The first-order valence-electron chi connectivity index (χ1n) is 7.67. The summed E-state index contributed by atoms with van der Waals surface area (Å²) in [6.45, 7) is 0.741. The average molecular weight is 332 g/mol. The van der Waals surface area contributed by atoms with Crippen LogP contribution in [0, 0.1) is 11.6 Å². The van der Waals surface area contributed by atoms with E-state index in [4.69, 9.17) is 0 Å². The van der Waals surface area contributed by atoms with E-state index in [2.05, 4.69) is 10.0 Å². The van der Waals surface area contributed by atoms with Crippen molar-refractivity contribution in [1.82, 2.24) is 10.0 Å². The van der Waals surface area contributed by atoms with Crippen LogP contribution in [0.3, 0.4) is 0 Å². The zero-order chi connectivity index (χ0) is 16.0. The smallest absolute Gasteiger partial charge is 0.240 e. The van der Waals surface area contributed by atoms with Gasteiger partial charge in [-0.1, -0.05) is 25.7 Å². The van der Waals surface area contributed by atoms with E-state index in [1.807, 2.05) is 0 Å². The molecule has 1 fully saturated rings. The summed E-state index contributed by atoms with van der Waals surface area (Å²) < 4.78 is 52.3. The molecule has 0 aromatic heterocycles. The van der Waals surface area contributed by atoms with Crippen LogP contribution in [-0.4, -0.2) is 27.5 Å². The molecule has 4 nitrogen and oxygen atoms in total. The third kappa shape index (κ3) is 5.00. The fraction of sp³-hybridized carbons (Fsp3) is 0.600. The minimum absolute atomic E-state index is 0.220. The summed E-state index contributed by atoms with van der Waals surface area (Å²) in [6, 6.07) is 3.00. The van der Waals surface area contributed by atoms with E-state index in [1.54, 1.807) is 0 Å². The van der Waals surface area contributed by atoms with Gasteiger partial charge in [0.15, 0.2) is 11.6 Å². The van der Waals surface area contributed by atoms with Gasteiger partial charge in [0.25, 0.3) is 0 Å². The first-order valence-corrected chi connectivity index (χ1v) is 9.15. The second-order valence-corrected chi connectivity index (χ2v) is 7.38. The highest BCUT2D eigenvalue weighted by Gasteiger charge is 2.16. The minimum atomic E-state index is -3.81. The molecule has 1 aromatic rings. The Hall–Kier alpha value is -1.05. The lowest BCUT2D eigenvalue weighted by Crippen LogP contribution is -2.36. The Kier molecular flexibility index (Phi) is 6.28. The van der Waals surface area contributed by atoms with Gasteiger partial charge >= 0.3 is 0 Å². The van der Waals surface area contributed by atoms with Gasteiger partial charge in [0.2, 0.25) is 10.0 Å². The summed E-state index contributed by atoms with van der Waals surface area (Å²) in [6.07, 6.45) is 7.18. The van der Waals surface area contributed by atoms with Crippen LogP contribution < -0.4 is 10.0 Å². The molecule has 2 N–H and O–H groups in total. The van der Waals surface area contributed by atoms with E-state index in [1.165, 1.54) is 25.7 Å². The normalized spacial score (nSPS) is 17.4. The van der Waals surface area contributed by atoms with Crippen molar-refractivity contribution < 1.29 is 17.2 Å². The summed E-state index contributed by atoms with van der Waals surface area (Å²) in [5.41, 5.74) is 0. The summed E-state index contributed by atoms with van der Waals surface area (Å²) >= 11 is 0. The first-order chi connectivity index (χ1) is 10.5. The highest BCUT2D eigenvalue weighted by Crippen LogP contribution is 2.17. The zero-order valence-electron chi connectivity index (χ0n) is 12.4. The molecule has 22 heavy (non-hydrogen) atoms. The predicted molar refractivity (Wildman–Crippen MR) is 81.0 cm³/mol. The highest BCUT2D eigenvalue weighted by atomic mass is 32.2. The SMILES string of the molecule is O=S(=O)(NCCNC1CCCCCC1)c1ccc(F)c(F)c1. The van der Waals surface area contributed by atoms with Gasteiger partial charge in [0.05, 0.1) is 4.90 Å². The molecular formula is C15H22F2N2O2S. The summed E-state index contributed by atoms with van der Waals surface area (Å²) in [4.78, 5) is -0.263. The molecule has 124 valence electrons. The van der Waals surface area contributed by atoms with Crippen molar-refractivity contribution in [3.63, 3.8) is 0 Å². The van der Waals surface area contributed by atoms with Gasteiger partial charge in [-0.25, -0.2) is 21.9 Å². The van der Waals surface area contributed by atoms with Crippen LogP contribution in [-0.2, 0) is 10.0 Å². The lowest BCUT2D eigenvalue weighted by atomic mass is 10.1. The monoisotopic (exact) mass is 332 g/mol. The molecule has 0 unspecified atom stereocenters. The third-order valence-corrected chi connectivity index (χ3v) is 5.37. The second kappa shape index (κ2) is 7.99. The lowest BCUT2D eigenvalue weighted by molar-refractivity contribution is 0.461. The van der Waals surface area contributed by atoms with Gasteiger partial charge < -0.3 is 5.32 Å². The maximum atomic E-state index is 13.1. The topological polar surface area (TPSA) is 58.2 Å². The van der Waals surface area contributed by atoms with Crippen LogP contribution in [0.15, 0.2) is 23.1 Å². The maximum Gasteiger partial charge on any atom is 0.240 e. The fourth-order valence-electron chi connectivity index (χ4n) is 2.67. The van der Waals surface area contributed by atoms with Gasteiger partial charge in [-0.3, -0.25) is 0 Å². The number of sulfonamides is 1. The largest absolute Gasteiger partial charge is 0.313 e. The van der Waals surface area contributed by atoms with Crippen molar-refractivity contribution in [3.8, 4) is 0 Å². The number of hydrogen-bond acceptors (Lipinski definition) is 3. The van der Waals surface area contributed by atoms with Gasteiger partial charge in [0.1, 0.15) is 0 Å². The Morgan fingerprint density at radius 1 is 1.00 bits per heavy atom. The molecule has 2 rings (SSSR count). The van der Waals surface area contributed by atoms with Crippen molar-refractivity contribution in [2.75, 3.05) is 13.1 Å². The molecule has 1 aromatic carbocycles. The molecule has 0 bridgehead atoms. The molecule has 0 spiro atoms. The molecule has 0 aliphatic heterocycles. The van der Waals surface area contributed by atoms with Crippen LogP contribution in [0.2, 0.25) is 0 Å². The van der Waals surface area contributed by atoms with E-state index < -0.39 is 21.7 Å². The third-order valence-electron chi connectivity index (χ3n) is 3.91. The van der Waals surface area contributed by atoms with Crippen LogP contribution in [0.4, 0.5) is 8.78 Å². The molecule has 1 saturated carbocycles. The zero-order valence-corrected chi connectivity index (χ0v) is 13.3. The fourth-order valence-corrected chi connectivity index (χ4v) is 3.72. The molecule has 1 aliphatic carbocycles. The number of nitrogens with one attached hydrogen (secondary N) is 2. The van der Waals surface area contributed by atoms with Crippen LogP contribution in [0.25, 0.3) is 0 Å². The summed E-state index contributed by atoms with van der Waals surface area (Å²) in [5.74, 6) is -2.23. The minimum Gasteiger partial charge on any atom is -0.313 e. The number of halogens is 2.